The first-order chi connectivity index (χ1) is 8.31. The van der Waals surface area contributed by atoms with Crippen LogP contribution in [0.1, 0.15) is 12.8 Å². The highest BCUT2D eigenvalue weighted by molar-refractivity contribution is 7.99. The highest BCUT2D eigenvalue weighted by atomic mass is 32.2. The van der Waals surface area contributed by atoms with E-state index in [4.69, 9.17) is 0 Å². The number of thioether (sulfide) groups is 1. The van der Waals surface area contributed by atoms with Crippen LogP contribution in [0.3, 0.4) is 0 Å². The average Bonchev–Trinajstić information content (AvgIpc) is 2.96. The largest absolute Gasteiger partial charge is 0.354 e. The molecule has 3 heterocycles. The molecule has 0 spiro atoms. The number of hydrogen-bond acceptors (Lipinski definition) is 4. The summed E-state index contributed by atoms with van der Waals surface area (Å²) in [5, 5.41) is 7.22. The van der Waals surface area contributed by atoms with Gasteiger partial charge in [0.15, 0.2) is 0 Å². The number of carbonyl (C=O) groups is 1. The third kappa shape index (κ3) is 1.98. The van der Waals surface area contributed by atoms with Gasteiger partial charge < -0.3 is 10.6 Å². The zero-order valence-electron chi connectivity index (χ0n) is 10.3. The van der Waals surface area contributed by atoms with Crippen molar-refractivity contribution in [3.05, 3.63) is 0 Å². The molecule has 2 N–H and O–H groups in total. The number of likely N-dealkylation sites (tertiary alicyclic amines) is 1. The lowest BCUT2D eigenvalue weighted by Crippen LogP contribution is -2.54. The lowest BCUT2D eigenvalue weighted by molar-refractivity contribution is -0.124. The van der Waals surface area contributed by atoms with Crippen molar-refractivity contribution in [2.75, 3.05) is 32.4 Å². The topological polar surface area (TPSA) is 44.4 Å². The Labute approximate surface area is 107 Å². The molecule has 0 aliphatic carbocycles. The lowest BCUT2D eigenvalue weighted by atomic mass is 9.90. The van der Waals surface area contributed by atoms with Crippen LogP contribution in [-0.4, -0.2) is 60.6 Å². The molecule has 17 heavy (non-hydrogen) atoms. The van der Waals surface area contributed by atoms with Crippen LogP contribution in [0.4, 0.5) is 0 Å². The summed E-state index contributed by atoms with van der Waals surface area (Å²) in [5.74, 6) is 0.540. The standard InChI is InChI=1S/C12H21N3OS/c1-17-11-7-13-5-10(11)15-4-2-3-8-9(15)6-14-12(8)16/h8-11,13H,2-7H2,1H3,(H,14,16). The van der Waals surface area contributed by atoms with Crippen molar-refractivity contribution in [2.45, 2.75) is 30.2 Å². The SMILES string of the molecule is CSC1CNCC1N1CCCC2C(=O)NCC21. The molecule has 96 valence electrons. The van der Waals surface area contributed by atoms with Crippen LogP contribution in [0, 0.1) is 5.92 Å². The fourth-order valence-electron chi connectivity index (χ4n) is 3.61. The summed E-state index contributed by atoms with van der Waals surface area (Å²) in [6.45, 7) is 4.23. The molecule has 3 rings (SSSR count). The second kappa shape index (κ2) is 4.78. The van der Waals surface area contributed by atoms with Gasteiger partial charge in [-0.25, -0.2) is 0 Å². The molecule has 5 heteroatoms. The van der Waals surface area contributed by atoms with Crippen molar-refractivity contribution < 1.29 is 4.79 Å². The van der Waals surface area contributed by atoms with Crippen LogP contribution in [0.2, 0.25) is 0 Å². The van der Waals surface area contributed by atoms with E-state index in [9.17, 15) is 4.79 Å². The van der Waals surface area contributed by atoms with Crippen molar-refractivity contribution in [3.63, 3.8) is 0 Å². The Bertz CT molecular complexity index is 312. The van der Waals surface area contributed by atoms with Crippen LogP contribution in [0.15, 0.2) is 0 Å². The van der Waals surface area contributed by atoms with Crippen LogP contribution in [0.25, 0.3) is 0 Å². The molecule has 0 radical (unpaired) electrons. The van der Waals surface area contributed by atoms with E-state index < -0.39 is 0 Å². The van der Waals surface area contributed by atoms with Gasteiger partial charge >= 0.3 is 0 Å². The molecule has 0 aromatic heterocycles. The second-order valence-electron chi connectivity index (χ2n) is 5.30. The number of amides is 1. The van der Waals surface area contributed by atoms with Crippen molar-refractivity contribution in [2.24, 2.45) is 5.92 Å². The van der Waals surface area contributed by atoms with E-state index in [1.54, 1.807) is 0 Å². The van der Waals surface area contributed by atoms with Gasteiger partial charge in [-0.2, -0.15) is 11.8 Å². The third-order valence-corrected chi connectivity index (χ3v) is 5.59. The highest BCUT2D eigenvalue weighted by Gasteiger charge is 2.45. The molecular weight excluding hydrogens is 234 g/mol. The van der Waals surface area contributed by atoms with Gasteiger partial charge in [0.25, 0.3) is 0 Å². The monoisotopic (exact) mass is 255 g/mol. The van der Waals surface area contributed by atoms with E-state index in [2.05, 4.69) is 21.8 Å². The van der Waals surface area contributed by atoms with Gasteiger partial charge in [0, 0.05) is 37.0 Å². The normalized spacial score (nSPS) is 42.5. The van der Waals surface area contributed by atoms with E-state index in [0.717, 1.165) is 26.1 Å². The van der Waals surface area contributed by atoms with E-state index in [0.29, 0.717) is 17.3 Å². The first-order valence-electron chi connectivity index (χ1n) is 6.58. The number of nitrogens with zero attached hydrogens (tertiary/aromatic N) is 1. The fourth-order valence-corrected chi connectivity index (χ4v) is 4.46. The maximum Gasteiger partial charge on any atom is 0.224 e. The molecule has 3 saturated heterocycles. The van der Waals surface area contributed by atoms with E-state index in [-0.39, 0.29) is 11.8 Å². The average molecular weight is 255 g/mol. The van der Waals surface area contributed by atoms with E-state index >= 15 is 0 Å². The minimum Gasteiger partial charge on any atom is -0.354 e. The summed E-state index contributed by atoms with van der Waals surface area (Å²) in [6, 6.07) is 1.07. The second-order valence-corrected chi connectivity index (χ2v) is 6.38. The Morgan fingerprint density at radius 2 is 2.18 bits per heavy atom. The van der Waals surface area contributed by atoms with Gasteiger partial charge in [-0.3, -0.25) is 9.69 Å². The molecule has 0 saturated carbocycles. The van der Waals surface area contributed by atoms with Gasteiger partial charge in [-0.15, -0.1) is 0 Å². The Morgan fingerprint density at radius 1 is 1.29 bits per heavy atom. The number of carbonyl (C=O) groups excluding carboxylic acids is 1. The molecule has 1 amide bonds. The quantitative estimate of drug-likeness (QED) is 0.723. The number of fused-ring (bicyclic) bond motifs is 1. The number of piperidine rings is 1. The Kier molecular flexibility index (Phi) is 3.32. The molecule has 4 atom stereocenters. The van der Waals surface area contributed by atoms with Crippen LogP contribution < -0.4 is 10.6 Å². The van der Waals surface area contributed by atoms with Crippen molar-refractivity contribution >= 4 is 17.7 Å². The minimum atomic E-state index is 0.256. The predicted molar refractivity (Wildman–Crippen MR) is 70.2 cm³/mol. The zero-order valence-corrected chi connectivity index (χ0v) is 11.1. The molecule has 0 bridgehead atoms. The summed E-state index contributed by atoms with van der Waals surface area (Å²) in [4.78, 5) is 14.4. The smallest absolute Gasteiger partial charge is 0.224 e. The predicted octanol–water partition coefficient (Wildman–Crippen LogP) is -0.0998. The maximum absolute atomic E-state index is 11.8. The van der Waals surface area contributed by atoms with Crippen molar-refractivity contribution in [3.8, 4) is 0 Å². The Balaban J connectivity index is 1.76. The summed E-state index contributed by atoms with van der Waals surface area (Å²) in [5.41, 5.74) is 0. The van der Waals surface area contributed by atoms with E-state index in [1.165, 1.54) is 13.0 Å². The molecule has 3 aliphatic heterocycles. The van der Waals surface area contributed by atoms with Crippen LogP contribution >= 0.6 is 11.8 Å². The number of rotatable bonds is 2. The van der Waals surface area contributed by atoms with Gasteiger partial charge in [-0.1, -0.05) is 0 Å². The molecule has 4 unspecified atom stereocenters. The van der Waals surface area contributed by atoms with Crippen molar-refractivity contribution in [1.82, 2.24) is 15.5 Å². The molecule has 3 fully saturated rings. The van der Waals surface area contributed by atoms with Gasteiger partial charge in [0.1, 0.15) is 0 Å². The van der Waals surface area contributed by atoms with E-state index in [1.807, 2.05) is 11.8 Å². The molecule has 0 aromatic rings. The first kappa shape index (κ1) is 11.8. The Morgan fingerprint density at radius 3 is 3.00 bits per heavy atom. The summed E-state index contributed by atoms with van der Waals surface area (Å²) >= 11 is 1.96. The Hall–Kier alpha value is -0.260. The number of hydrogen-bond donors (Lipinski definition) is 2. The van der Waals surface area contributed by atoms with Crippen molar-refractivity contribution in [1.29, 1.82) is 0 Å². The molecule has 4 nitrogen and oxygen atoms in total. The summed E-state index contributed by atoms with van der Waals surface area (Å²) in [7, 11) is 0. The van der Waals surface area contributed by atoms with Crippen LogP contribution in [0.5, 0.6) is 0 Å². The van der Waals surface area contributed by atoms with Crippen LogP contribution in [-0.2, 0) is 4.79 Å². The molecular formula is C12H21N3OS. The van der Waals surface area contributed by atoms with Gasteiger partial charge in [0.2, 0.25) is 5.91 Å². The fraction of sp³-hybridized carbons (Fsp3) is 0.917. The summed E-state index contributed by atoms with van der Waals surface area (Å²) < 4.78 is 0. The summed E-state index contributed by atoms with van der Waals surface area (Å²) in [6.07, 6.45) is 4.45. The minimum absolute atomic E-state index is 0.256. The van der Waals surface area contributed by atoms with Gasteiger partial charge in [0.05, 0.1) is 5.92 Å². The highest BCUT2D eigenvalue weighted by Crippen LogP contribution is 2.32. The first-order valence-corrected chi connectivity index (χ1v) is 7.87. The zero-order chi connectivity index (χ0) is 11.8. The molecule has 0 aromatic carbocycles. The third-order valence-electron chi connectivity index (χ3n) is 4.50. The van der Waals surface area contributed by atoms with Gasteiger partial charge in [-0.05, 0) is 25.6 Å². The number of nitrogens with one attached hydrogen (secondary N) is 2. The maximum atomic E-state index is 11.8. The lowest BCUT2D eigenvalue weighted by Gasteiger charge is -2.41. The molecule has 3 aliphatic rings.